The van der Waals surface area contributed by atoms with Gasteiger partial charge >= 0.3 is 0 Å². The van der Waals surface area contributed by atoms with Crippen LogP contribution in [0.15, 0.2) is 12.1 Å². The quantitative estimate of drug-likeness (QED) is 0.851. The molecule has 0 unspecified atom stereocenters. The van der Waals surface area contributed by atoms with Gasteiger partial charge < -0.3 is 10.1 Å². The molecule has 0 bridgehead atoms. The van der Waals surface area contributed by atoms with Crippen molar-refractivity contribution in [2.75, 3.05) is 13.2 Å². The SMILES string of the molecule is Clc1cc(Cl)c(OC[C@@H]2CCCN2)cc1Cl. The minimum atomic E-state index is 0.408. The molecule has 1 aliphatic rings. The van der Waals surface area contributed by atoms with E-state index in [1.807, 2.05) is 0 Å². The van der Waals surface area contributed by atoms with Crippen LogP contribution in [0.4, 0.5) is 0 Å². The first-order valence-electron chi connectivity index (χ1n) is 5.17. The second-order valence-electron chi connectivity index (χ2n) is 3.80. The van der Waals surface area contributed by atoms with Gasteiger partial charge in [0.25, 0.3) is 0 Å². The maximum atomic E-state index is 6.00. The maximum absolute atomic E-state index is 6.00. The molecule has 0 amide bonds. The molecule has 2 nitrogen and oxygen atoms in total. The molecule has 1 aromatic carbocycles. The van der Waals surface area contributed by atoms with Crippen LogP contribution in [0, 0.1) is 0 Å². The fourth-order valence-corrected chi connectivity index (χ4v) is 2.30. The highest BCUT2D eigenvalue weighted by Crippen LogP contribution is 2.33. The molecule has 0 spiro atoms. The third kappa shape index (κ3) is 2.95. The number of nitrogens with one attached hydrogen (secondary N) is 1. The molecule has 1 aliphatic heterocycles. The van der Waals surface area contributed by atoms with Crippen LogP contribution in [0.5, 0.6) is 5.75 Å². The largest absolute Gasteiger partial charge is 0.490 e. The van der Waals surface area contributed by atoms with Gasteiger partial charge in [-0.15, -0.1) is 0 Å². The Kier molecular flexibility index (Phi) is 4.20. The van der Waals surface area contributed by atoms with Gasteiger partial charge in [0.05, 0.1) is 15.1 Å². The van der Waals surface area contributed by atoms with E-state index < -0.39 is 0 Å². The average Bonchev–Trinajstić information content (AvgIpc) is 2.74. The van der Waals surface area contributed by atoms with Crippen LogP contribution in [-0.4, -0.2) is 19.2 Å². The van der Waals surface area contributed by atoms with Crippen molar-refractivity contribution in [3.05, 3.63) is 27.2 Å². The Balaban J connectivity index is 2.00. The van der Waals surface area contributed by atoms with Gasteiger partial charge in [0.15, 0.2) is 0 Å². The van der Waals surface area contributed by atoms with Crippen molar-refractivity contribution in [2.24, 2.45) is 0 Å². The highest BCUT2D eigenvalue weighted by atomic mass is 35.5. The molecular weight excluding hydrogens is 268 g/mol. The Hall–Kier alpha value is -0.150. The van der Waals surface area contributed by atoms with E-state index in [0.717, 1.165) is 13.0 Å². The lowest BCUT2D eigenvalue weighted by Gasteiger charge is -2.13. The summed E-state index contributed by atoms with van der Waals surface area (Å²) in [7, 11) is 0. The first-order valence-corrected chi connectivity index (χ1v) is 6.31. The number of benzene rings is 1. The van der Waals surface area contributed by atoms with Crippen LogP contribution in [0.1, 0.15) is 12.8 Å². The van der Waals surface area contributed by atoms with Crippen molar-refractivity contribution in [1.82, 2.24) is 5.32 Å². The Morgan fingerprint density at radius 1 is 1.19 bits per heavy atom. The Labute approximate surface area is 110 Å². The highest BCUT2D eigenvalue weighted by Gasteiger charge is 2.15. The van der Waals surface area contributed by atoms with E-state index in [0.29, 0.717) is 33.5 Å². The fraction of sp³-hybridized carbons (Fsp3) is 0.455. The van der Waals surface area contributed by atoms with Gasteiger partial charge in [0.2, 0.25) is 0 Å². The number of ether oxygens (including phenoxy) is 1. The first-order chi connectivity index (χ1) is 7.66. The predicted molar refractivity (Wildman–Crippen MR) is 68.0 cm³/mol. The van der Waals surface area contributed by atoms with Crippen molar-refractivity contribution in [3.8, 4) is 5.75 Å². The lowest BCUT2D eigenvalue weighted by Crippen LogP contribution is -2.28. The average molecular weight is 281 g/mol. The highest BCUT2D eigenvalue weighted by molar-refractivity contribution is 6.43. The molecular formula is C11H12Cl3NO. The van der Waals surface area contributed by atoms with Crippen LogP contribution < -0.4 is 10.1 Å². The molecule has 16 heavy (non-hydrogen) atoms. The standard InChI is InChI=1S/C11H12Cl3NO/c12-8-4-10(14)11(5-9(8)13)16-6-7-2-1-3-15-7/h4-5,7,15H,1-3,6H2/t7-/m0/s1. The van der Waals surface area contributed by atoms with Gasteiger partial charge in [-0.1, -0.05) is 34.8 Å². The van der Waals surface area contributed by atoms with Crippen molar-refractivity contribution in [2.45, 2.75) is 18.9 Å². The minimum absolute atomic E-state index is 0.408. The van der Waals surface area contributed by atoms with E-state index in [1.54, 1.807) is 12.1 Å². The zero-order valence-electron chi connectivity index (χ0n) is 8.60. The summed E-state index contributed by atoms with van der Waals surface area (Å²) in [5, 5.41) is 4.74. The van der Waals surface area contributed by atoms with Crippen molar-refractivity contribution < 1.29 is 4.74 Å². The first kappa shape index (κ1) is 12.3. The summed E-state index contributed by atoms with van der Waals surface area (Å²) < 4.78 is 5.62. The van der Waals surface area contributed by atoms with Crippen LogP contribution in [-0.2, 0) is 0 Å². The summed E-state index contributed by atoms with van der Waals surface area (Å²) >= 11 is 17.7. The Morgan fingerprint density at radius 3 is 2.62 bits per heavy atom. The summed E-state index contributed by atoms with van der Waals surface area (Å²) in [4.78, 5) is 0. The van der Waals surface area contributed by atoms with E-state index in [1.165, 1.54) is 6.42 Å². The molecule has 1 heterocycles. The maximum Gasteiger partial charge on any atom is 0.139 e. The third-order valence-corrected chi connectivity index (χ3v) is 3.59. The molecule has 2 rings (SSSR count). The molecule has 1 N–H and O–H groups in total. The summed E-state index contributed by atoms with van der Waals surface area (Å²) in [6.07, 6.45) is 2.34. The van der Waals surface area contributed by atoms with Crippen molar-refractivity contribution in [1.29, 1.82) is 0 Å². The van der Waals surface area contributed by atoms with Crippen LogP contribution in [0.2, 0.25) is 15.1 Å². The van der Waals surface area contributed by atoms with Gasteiger partial charge in [-0.05, 0) is 25.5 Å². The van der Waals surface area contributed by atoms with Gasteiger partial charge in [-0.25, -0.2) is 0 Å². The van der Waals surface area contributed by atoms with Crippen molar-refractivity contribution >= 4 is 34.8 Å². The number of halogens is 3. The Morgan fingerprint density at radius 2 is 1.94 bits per heavy atom. The number of rotatable bonds is 3. The normalized spacial score (nSPS) is 20.1. The molecule has 1 fully saturated rings. The molecule has 0 aliphatic carbocycles. The van der Waals surface area contributed by atoms with Crippen molar-refractivity contribution in [3.63, 3.8) is 0 Å². The summed E-state index contributed by atoms with van der Waals surface area (Å²) in [5.41, 5.74) is 0. The van der Waals surface area contributed by atoms with Crippen LogP contribution in [0.25, 0.3) is 0 Å². The summed E-state index contributed by atoms with van der Waals surface area (Å²) in [5.74, 6) is 0.588. The second kappa shape index (κ2) is 5.46. The van der Waals surface area contributed by atoms with Gasteiger partial charge in [-0.2, -0.15) is 0 Å². The summed E-state index contributed by atoms with van der Waals surface area (Å²) in [6, 6.07) is 3.66. The van der Waals surface area contributed by atoms with E-state index in [9.17, 15) is 0 Å². The van der Waals surface area contributed by atoms with Gasteiger partial charge in [0.1, 0.15) is 12.4 Å². The predicted octanol–water partition coefficient (Wildman–Crippen LogP) is 3.78. The monoisotopic (exact) mass is 279 g/mol. The van der Waals surface area contributed by atoms with Gasteiger partial charge in [-0.3, -0.25) is 0 Å². The molecule has 88 valence electrons. The van der Waals surface area contributed by atoms with E-state index in [-0.39, 0.29) is 0 Å². The molecule has 1 aromatic rings. The van der Waals surface area contributed by atoms with E-state index in [4.69, 9.17) is 39.5 Å². The molecule has 1 saturated heterocycles. The lowest BCUT2D eigenvalue weighted by molar-refractivity contribution is 0.277. The molecule has 1 atom stereocenters. The molecule has 0 radical (unpaired) electrons. The van der Waals surface area contributed by atoms with Gasteiger partial charge in [0, 0.05) is 12.1 Å². The topological polar surface area (TPSA) is 21.3 Å². The van der Waals surface area contributed by atoms with E-state index in [2.05, 4.69) is 5.32 Å². The van der Waals surface area contributed by atoms with Crippen LogP contribution in [0.3, 0.4) is 0 Å². The van der Waals surface area contributed by atoms with Crippen LogP contribution >= 0.6 is 34.8 Å². The Bertz CT molecular complexity index is 378. The number of hydrogen-bond acceptors (Lipinski definition) is 2. The third-order valence-electron chi connectivity index (χ3n) is 2.58. The van der Waals surface area contributed by atoms with E-state index >= 15 is 0 Å². The summed E-state index contributed by atoms with van der Waals surface area (Å²) in [6.45, 7) is 1.67. The fourth-order valence-electron chi connectivity index (χ4n) is 1.70. The zero-order valence-corrected chi connectivity index (χ0v) is 10.9. The number of hydrogen-bond donors (Lipinski definition) is 1. The second-order valence-corrected chi connectivity index (χ2v) is 5.02. The zero-order chi connectivity index (χ0) is 11.5. The molecule has 0 saturated carbocycles. The molecule has 0 aromatic heterocycles. The smallest absolute Gasteiger partial charge is 0.139 e. The molecule has 5 heteroatoms. The minimum Gasteiger partial charge on any atom is -0.490 e. The lowest BCUT2D eigenvalue weighted by atomic mass is 10.2.